The normalized spacial score (nSPS) is 13.2. The van der Waals surface area contributed by atoms with Gasteiger partial charge in [0.1, 0.15) is 0 Å². The molecule has 0 saturated heterocycles. The molecule has 0 heterocycles. The number of carboxylic acids is 2. The molecular weight excluding hydrogens is 362 g/mol. The number of hydrogen-bond acceptors (Lipinski definition) is 5. The SMILES string of the molecule is NC(CCC(=O)O)(C(=O)O)C(=O)CCCCCCCCCCCCCCCO. The van der Waals surface area contributed by atoms with Crippen molar-refractivity contribution in [2.24, 2.45) is 5.73 Å². The second kappa shape index (κ2) is 16.5. The minimum atomic E-state index is -2.09. The molecule has 0 bridgehead atoms. The van der Waals surface area contributed by atoms with Crippen LogP contribution in [0.2, 0.25) is 0 Å². The van der Waals surface area contributed by atoms with E-state index >= 15 is 0 Å². The zero-order chi connectivity index (χ0) is 21.3. The summed E-state index contributed by atoms with van der Waals surface area (Å²) < 4.78 is 0. The van der Waals surface area contributed by atoms with E-state index < -0.39 is 29.7 Å². The van der Waals surface area contributed by atoms with Gasteiger partial charge in [-0.05, 0) is 19.3 Å². The fourth-order valence-corrected chi connectivity index (χ4v) is 3.23. The molecule has 0 fully saturated rings. The Labute approximate surface area is 168 Å². The summed E-state index contributed by atoms with van der Waals surface area (Å²) in [4.78, 5) is 34.0. The minimum Gasteiger partial charge on any atom is -0.481 e. The number of unbranched alkanes of at least 4 members (excludes halogenated alkanes) is 12. The summed E-state index contributed by atoms with van der Waals surface area (Å²) in [7, 11) is 0. The highest BCUT2D eigenvalue weighted by molar-refractivity contribution is 6.07. The lowest BCUT2D eigenvalue weighted by Crippen LogP contribution is -2.55. The maximum Gasteiger partial charge on any atom is 0.331 e. The maximum absolute atomic E-state index is 12.1. The Balaban J connectivity index is 3.67. The molecule has 7 nitrogen and oxygen atoms in total. The van der Waals surface area contributed by atoms with Gasteiger partial charge in [0.15, 0.2) is 11.3 Å². The van der Waals surface area contributed by atoms with Crippen molar-refractivity contribution in [2.45, 2.75) is 108 Å². The number of ketones is 1. The molecule has 0 aliphatic heterocycles. The van der Waals surface area contributed by atoms with Gasteiger partial charge in [0.25, 0.3) is 0 Å². The molecule has 0 spiro atoms. The molecular formula is C21H39NO6. The Hall–Kier alpha value is -1.47. The summed E-state index contributed by atoms with van der Waals surface area (Å²) in [5, 5.41) is 26.6. The lowest BCUT2D eigenvalue weighted by atomic mass is 9.87. The Bertz CT molecular complexity index is 454. The molecule has 0 aromatic heterocycles. The van der Waals surface area contributed by atoms with Gasteiger partial charge in [-0.15, -0.1) is 0 Å². The summed E-state index contributed by atoms with van der Waals surface area (Å²) in [6, 6.07) is 0. The predicted octanol–water partition coefficient (Wildman–Crippen LogP) is 3.66. The molecule has 7 heteroatoms. The average molecular weight is 402 g/mol. The Morgan fingerprint density at radius 3 is 1.39 bits per heavy atom. The largest absolute Gasteiger partial charge is 0.481 e. The van der Waals surface area contributed by atoms with Crippen LogP contribution in [0.5, 0.6) is 0 Å². The molecule has 0 aromatic carbocycles. The number of aliphatic hydroxyl groups excluding tert-OH is 1. The van der Waals surface area contributed by atoms with E-state index in [0.717, 1.165) is 32.1 Å². The summed E-state index contributed by atoms with van der Waals surface area (Å²) in [5.41, 5.74) is 3.58. The number of carbonyl (C=O) groups excluding carboxylic acids is 1. The molecule has 0 rings (SSSR count). The van der Waals surface area contributed by atoms with Gasteiger partial charge in [-0.25, -0.2) is 4.79 Å². The van der Waals surface area contributed by atoms with Crippen LogP contribution in [-0.2, 0) is 14.4 Å². The van der Waals surface area contributed by atoms with Crippen molar-refractivity contribution < 1.29 is 29.7 Å². The Kier molecular flexibility index (Phi) is 15.6. The first-order valence-electron chi connectivity index (χ1n) is 10.7. The first kappa shape index (κ1) is 26.5. The smallest absolute Gasteiger partial charge is 0.331 e. The van der Waals surface area contributed by atoms with Crippen LogP contribution in [-0.4, -0.2) is 45.2 Å². The topological polar surface area (TPSA) is 138 Å². The second-order valence-electron chi connectivity index (χ2n) is 7.66. The van der Waals surface area contributed by atoms with Crippen LogP contribution in [0.4, 0.5) is 0 Å². The summed E-state index contributed by atoms with van der Waals surface area (Å²) in [6.45, 7) is 0.297. The number of aliphatic hydroxyl groups is 1. The monoisotopic (exact) mass is 401 g/mol. The van der Waals surface area contributed by atoms with Gasteiger partial charge in [0.05, 0.1) is 0 Å². The molecule has 0 amide bonds. The van der Waals surface area contributed by atoms with Gasteiger partial charge in [-0.3, -0.25) is 9.59 Å². The molecule has 164 valence electrons. The highest BCUT2D eigenvalue weighted by Crippen LogP contribution is 2.17. The number of rotatable bonds is 20. The highest BCUT2D eigenvalue weighted by atomic mass is 16.4. The standard InChI is InChI=1S/C21H39NO6/c22-21(20(27)28,16-15-19(25)26)18(24)14-12-10-8-6-4-2-1-3-5-7-9-11-13-17-23/h23H,1-17,22H2,(H,25,26)(H,27,28). The van der Waals surface area contributed by atoms with Crippen LogP contribution < -0.4 is 5.73 Å². The molecule has 1 unspecified atom stereocenters. The van der Waals surface area contributed by atoms with Crippen molar-refractivity contribution in [3.63, 3.8) is 0 Å². The molecule has 0 aromatic rings. The fourth-order valence-electron chi connectivity index (χ4n) is 3.23. The van der Waals surface area contributed by atoms with Crippen LogP contribution in [0.3, 0.4) is 0 Å². The van der Waals surface area contributed by atoms with Gasteiger partial charge in [-0.1, -0.05) is 70.6 Å². The lowest BCUT2D eigenvalue weighted by Gasteiger charge is -2.22. The zero-order valence-corrected chi connectivity index (χ0v) is 17.2. The number of nitrogens with two attached hydrogens (primary N) is 1. The molecule has 28 heavy (non-hydrogen) atoms. The molecule has 1 atom stereocenters. The first-order valence-corrected chi connectivity index (χ1v) is 10.7. The fraction of sp³-hybridized carbons (Fsp3) is 0.857. The lowest BCUT2D eigenvalue weighted by molar-refractivity contribution is -0.149. The van der Waals surface area contributed by atoms with Gasteiger partial charge in [0.2, 0.25) is 0 Å². The average Bonchev–Trinajstić information content (AvgIpc) is 2.65. The molecule has 5 N–H and O–H groups in total. The second-order valence-corrected chi connectivity index (χ2v) is 7.66. The van der Waals surface area contributed by atoms with Crippen molar-refractivity contribution >= 4 is 17.7 Å². The van der Waals surface area contributed by atoms with Gasteiger partial charge in [-0.2, -0.15) is 0 Å². The van der Waals surface area contributed by atoms with Crippen molar-refractivity contribution in [2.75, 3.05) is 6.61 Å². The minimum absolute atomic E-state index is 0.0820. The quantitative estimate of drug-likeness (QED) is 0.180. The van der Waals surface area contributed by atoms with Crippen molar-refractivity contribution in [3.05, 3.63) is 0 Å². The van der Waals surface area contributed by atoms with Crippen molar-refractivity contribution in [1.82, 2.24) is 0 Å². The van der Waals surface area contributed by atoms with Crippen molar-refractivity contribution in [1.29, 1.82) is 0 Å². The molecule has 0 radical (unpaired) electrons. The Morgan fingerprint density at radius 1 is 0.643 bits per heavy atom. The number of hydrogen-bond donors (Lipinski definition) is 4. The van der Waals surface area contributed by atoms with Crippen LogP contribution in [0.15, 0.2) is 0 Å². The van der Waals surface area contributed by atoms with Gasteiger partial charge >= 0.3 is 11.9 Å². The van der Waals surface area contributed by atoms with Gasteiger partial charge in [0, 0.05) is 19.4 Å². The summed E-state index contributed by atoms with van der Waals surface area (Å²) in [6.07, 6.45) is 13.5. The summed E-state index contributed by atoms with van der Waals surface area (Å²) in [5.74, 6) is -3.20. The predicted molar refractivity (Wildman–Crippen MR) is 108 cm³/mol. The first-order chi connectivity index (χ1) is 13.3. The van der Waals surface area contributed by atoms with E-state index in [1.165, 1.54) is 44.9 Å². The number of aliphatic carboxylic acids is 2. The third-order valence-corrected chi connectivity index (χ3v) is 5.17. The van der Waals surface area contributed by atoms with Gasteiger partial charge < -0.3 is 21.1 Å². The van der Waals surface area contributed by atoms with E-state index in [0.29, 0.717) is 13.0 Å². The van der Waals surface area contributed by atoms with E-state index in [9.17, 15) is 19.5 Å². The van der Waals surface area contributed by atoms with E-state index in [2.05, 4.69) is 0 Å². The number of Topliss-reactive ketones (excluding diaryl/α,β-unsaturated/α-hetero) is 1. The van der Waals surface area contributed by atoms with Crippen molar-refractivity contribution in [3.8, 4) is 0 Å². The van der Waals surface area contributed by atoms with Crippen LogP contribution in [0.25, 0.3) is 0 Å². The number of carboxylic acid groups (broad SMARTS) is 2. The van der Waals surface area contributed by atoms with Crippen LogP contribution in [0, 0.1) is 0 Å². The maximum atomic E-state index is 12.1. The number of carbonyl (C=O) groups is 3. The highest BCUT2D eigenvalue weighted by Gasteiger charge is 2.41. The molecule has 0 aliphatic rings. The third kappa shape index (κ3) is 12.8. The van der Waals surface area contributed by atoms with E-state index in [4.69, 9.17) is 15.9 Å². The zero-order valence-electron chi connectivity index (χ0n) is 17.2. The Morgan fingerprint density at radius 2 is 1.04 bits per heavy atom. The van der Waals surface area contributed by atoms with E-state index in [1.807, 2.05) is 0 Å². The summed E-state index contributed by atoms with van der Waals surface area (Å²) >= 11 is 0. The van der Waals surface area contributed by atoms with E-state index in [-0.39, 0.29) is 12.8 Å². The van der Waals surface area contributed by atoms with Crippen LogP contribution >= 0.6 is 0 Å². The molecule has 0 aliphatic carbocycles. The van der Waals surface area contributed by atoms with Crippen LogP contribution in [0.1, 0.15) is 103 Å². The molecule has 0 saturated carbocycles. The third-order valence-electron chi connectivity index (χ3n) is 5.17. The van der Waals surface area contributed by atoms with E-state index in [1.54, 1.807) is 0 Å².